The Morgan fingerprint density at radius 1 is 1.09 bits per heavy atom. The van der Waals surface area contributed by atoms with Crippen LogP contribution < -0.4 is 10.2 Å². The van der Waals surface area contributed by atoms with Crippen LogP contribution in [0, 0.1) is 11.6 Å². The van der Waals surface area contributed by atoms with E-state index < -0.39 is 29.3 Å². The molecule has 186 valence electrons. The van der Waals surface area contributed by atoms with E-state index in [0.29, 0.717) is 24.8 Å². The van der Waals surface area contributed by atoms with Gasteiger partial charge in [0, 0.05) is 50.8 Å². The Hall–Kier alpha value is -3.47. The summed E-state index contributed by atoms with van der Waals surface area (Å²) in [6.45, 7) is 2.71. The first kappa shape index (κ1) is 24.6. The summed E-state index contributed by atoms with van der Waals surface area (Å²) in [6.07, 6.45) is -3.64. The second kappa shape index (κ2) is 10.0. The number of hydrogen-bond acceptors (Lipinski definition) is 5. The molecule has 0 saturated carbocycles. The molecule has 4 rings (SSSR count). The number of nitrogens with one attached hydrogen (secondary N) is 1. The molecule has 35 heavy (non-hydrogen) atoms. The van der Waals surface area contributed by atoms with Gasteiger partial charge in [-0.2, -0.15) is 13.2 Å². The van der Waals surface area contributed by atoms with Crippen LogP contribution in [0.3, 0.4) is 0 Å². The van der Waals surface area contributed by atoms with E-state index in [2.05, 4.69) is 15.2 Å². The first-order valence-electron chi connectivity index (χ1n) is 10.9. The van der Waals surface area contributed by atoms with Crippen molar-refractivity contribution in [1.82, 2.24) is 9.88 Å². The van der Waals surface area contributed by atoms with Crippen molar-refractivity contribution in [1.29, 1.82) is 0 Å². The summed E-state index contributed by atoms with van der Waals surface area (Å²) in [5, 5.41) is 2.32. The number of aryl methyl sites for hydroxylation is 1. The van der Waals surface area contributed by atoms with Crippen LogP contribution in [0.1, 0.15) is 17.9 Å². The van der Waals surface area contributed by atoms with Gasteiger partial charge < -0.3 is 19.5 Å². The maximum absolute atomic E-state index is 13.9. The van der Waals surface area contributed by atoms with Gasteiger partial charge in [0.15, 0.2) is 11.7 Å². The van der Waals surface area contributed by atoms with Crippen LogP contribution in [0.15, 0.2) is 47.0 Å². The standard InChI is InChI=1S/C24H23F5N4O2/c1-32-8-10-33(11-9-32)16-3-5-20(18(13-16)24(27,28)29)31-22(34)6-7-23-30-14-21(35-23)17-4-2-15(25)12-19(17)26/h2-5,12-14H,6-11H2,1H3,(H,31,34). The highest BCUT2D eigenvalue weighted by molar-refractivity contribution is 5.92. The van der Waals surface area contributed by atoms with Crippen LogP contribution in [0.25, 0.3) is 11.3 Å². The highest BCUT2D eigenvalue weighted by atomic mass is 19.4. The van der Waals surface area contributed by atoms with Crippen molar-refractivity contribution in [3.8, 4) is 11.3 Å². The van der Waals surface area contributed by atoms with Gasteiger partial charge in [-0.1, -0.05) is 0 Å². The predicted molar refractivity (Wildman–Crippen MR) is 120 cm³/mol. The van der Waals surface area contributed by atoms with Gasteiger partial charge in [-0.15, -0.1) is 0 Å². The molecule has 1 aromatic heterocycles. The zero-order chi connectivity index (χ0) is 25.2. The summed E-state index contributed by atoms with van der Waals surface area (Å²) in [5.74, 6) is -2.07. The number of anilines is 2. The quantitative estimate of drug-likeness (QED) is 0.491. The number of piperazine rings is 1. The monoisotopic (exact) mass is 494 g/mol. The number of oxazole rings is 1. The maximum Gasteiger partial charge on any atom is 0.418 e. The molecular weight excluding hydrogens is 471 g/mol. The van der Waals surface area contributed by atoms with E-state index in [0.717, 1.165) is 25.2 Å². The number of alkyl halides is 3. The predicted octanol–water partition coefficient (Wildman–Crippen LogP) is 4.96. The lowest BCUT2D eigenvalue weighted by molar-refractivity contribution is -0.136. The molecule has 0 spiro atoms. The lowest BCUT2D eigenvalue weighted by Crippen LogP contribution is -2.44. The molecule has 0 aliphatic carbocycles. The Balaban J connectivity index is 1.42. The molecule has 2 aromatic carbocycles. The largest absolute Gasteiger partial charge is 0.441 e. The summed E-state index contributed by atoms with van der Waals surface area (Å²) < 4.78 is 73.6. The summed E-state index contributed by atoms with van der Waals surface area (Å²) in [5.41, 5.74) is -0.803. The van der Waals surface area contributed by atoms with Crippen molar-refractivity contribution in [2.24, 2.45) is 0 Å². The van der Waals surface area contributed by atoms with Crippen molar-refractivity contribution in [2.75, 3.05) is 43.4 Å². The molecule has 0 bridgehead atoms. The maximum atomic E-state index is 13.9. The molecule has 3 aromatic rings. The molecule has 1 saturated heterocycles. The van der Waals surface area contributed by atoms with Gasteiger partial charge in [-0.05, 0) is 37.4 Å². The van der Waals surface area contributed by atoms with Crippen molar-refractivity contribution in [2.45, 2.75) is 19.0 Å². The number of likely N-dealkylation sites (N-methyl/N-ethyl adjacent to an activating group) is 1. The molecular formula is C24H23F5N4O2. The number of amides is 1. The van der Waals surface area contributed by atoms with E-state index in [-0.39, 0.29) is 35.7 Å². The second-order valence-electron chi connectivity index (χ2n) is 8.31. The summed E-state index contributed by atoms with van der Waals surface area (Å²) in [7, 11) is 1.96. The van der Waals surface area contributed by atoms with Gasteiger partial charge in [0.2, 0.25) is 5.91 Å². The topological polar surface area (TPSA) is 61.6 Å². The van der Waals surface area contributed by atoms with E-state index in [1.54, 1.807) is 6.07 Å². The Morgan fingerprint density at radius 2 is 1.83 bits per heavy atom. The normalized spacial score (nSPS) is 14.9. The van der Waals surface area contributed by atoms with Gasteiger partial charge in [0.25, 0.3) is 0 Å². The summed E-state index contributed by atoms with van der Waals surface area (Å²) >= 11 is 0. The third kappa shape index (κ3) is 5.97. The van der Waals surface area contributed by atoms with E-state index >= 15 is 0 Å². The Morgan fingerprint density at radius 3 is 2.51 bits per heavy atom. The SMILES string of the molecule is CN1CCN(c2ccc(NC(=O)CCc3ncc(-c4ccc(F)cc4F)o3)c(C(F)(F)F)c2)CC1. The average Bonchev–Trinajstić information content (AvgIpc) is 3.26. The molecule has 1 N–H and O–H groups in total. The zero-order valence-electron chi connectivity index (χ0n) is 18.8. The number of nitrogens with zero attached hydrogens (tertiary/aromatic N) is 3. The number of halogens is 5. The highest BCUT2D eigenvalue weighted by Gasteiger charge is 2.35. The minimum atomic E-state index is -4.65. The van der Waals surface area contributed by atoms with Crippen LogP contribution in [0.4, 0.5) is 33.3 Å². The highest BCUT2D eigenvalue weighted by Crippen LogP contribution is 2.37. The van der Waals surface area contributed by atoms with Crippen LogP contribution in [-0.4, -0.2) is 49.0 Å². The number of carbonyl (C=O) groups is 1. The summed E-state index contributed by atoms with van der Waals surface area (Å²) in [6, 6.07) is 6.85. The Kier molecular flexibility index (Phi) is 7.06. The fourth-order valence-electron chi connectivity index (χ4n) is 3.81. The Bertz CT molecular complexity index is 1200. The number of aromatic nitrogens is 1. The molecule has 1 aliphatic heterocycles. The minimum Gasteiger partial charge on any atom is -0.441 e. The van der Waals surface area contributed by atoms with Crippen LogP contribution in [0.2, 0.25) is 0 Å². The molecule has 0 atom stereocenters. The third-order valence-corrected chi connectivity index (χ3v) is 5.77. The van der Waals surface area contributed by atoms with E-state index in [1.807, 2.05) is 11.9 Å². The van der Waals surface area contributed by atoms with E-state index in [9.17, 15) is 26.7 Å². The van der Waals surface area contributed by atoms with E-state index in [4.69, 9.17) is 4.42 Å². The van der Waals surface area contributed by atoms with Crippen LogP contribution >= 0.6 is 0 Å². The number of benzene rings is 2. The first-order valence-corrected chi connectivity index (χ1v) is 10.9. The number of hydrogen-bond donors (Lipinski definition) is 1. The van der Waals surface area contributed by atoms with Crippen molar-refractivity contribution < 1.29 is 31.2 Å². The molecule has 1 amide bonds. The molecule has 1 fully saturated rings. The van der Waals surface area contributed by atoms with E-state index in [1.165, 1.54) is 18.3 Å². The van der Waals surface area contributed by atoms with Gasteiger partial charge >= 0.3 is 6.18 Å². The molecule has 0 radical (unpaired) electrons. The second-order valence-corrected chi connectivity index (χ2v) is 8.31. The fraction of sp³-hybridized carbons (Fsp3) is 0.333. The lowest BCUT2D eigenvalue weighted by Gasteiger charge is -2.34. The zero-order valence-corrected chi connectivity index (χ0v) is 18.8. The molecule has 2 heterocycles. The van der Waals surface area contributed by atoms with Crippen molar-refractivity contribution in [3.63, 3.8) is 0 Å². The smallest absolute Gasteiger partial charge is 0.418 e. The average molecular weight is 494 g/mol. The molecule has 6 nitrogen and oxygen atoms in total. The Labute approximate surface area is 198 Å². The van der Waals surface area contributed by atoms with Gasteiger partial charge in [-0.3, -0.25) is 4.79 Å². The fourth-order valence-corrected chi connectivity index (χ4v) is 3.81. The molecule has 0 unspecified atom stereocenters. The van der Waals surface area contributed by atoms with Gasteiger partial charge in [0.1, 0.15) is 11.6 Å². The molecule has 11 heteroatoms. The van der Waals surface area contributed by atoms with Gasteiger partial charge in [-0.25, -0.2) is 13.8 Å². The third-order valence-electron chi connectivity index (χ3n) is 5.77. The van der Waals surface area contributed by atoms with Crippen molar-refractivity contribution >= 4 is 17.3 Å². The molecule has 1 aliphatic rings. The summed E-state index contributed by atoms with van der Waals surface area (Å²) in [4.78, 5) is 20.3. The van der Waals surface area contributed by atoms with Gasteiger partial charge in [0.05, 0.1) is 23.0 Å². The first-order chi connectivity index (χ1) is 16.6. The number of carbonyl (C=O) groups excluding carboxylic acids is 1. The lowest BCUT2D eigenvalue weighted by atomic mass is 10.1. The number of rotatable bonds is 6. The van der Waals surface area contributed by atoms with Crippen LogP contribution in [0.5, 0.6) is 0 Å². The van der Waals surface area contributed by atoms with Crippen LogP contribution in [-0.2, 0) is 17.4 Å². The van der Waals surface area contributed by atoms with Crippen molar-refractivity contribution in [3.05, 3.63) is 65.7 Å². The minimum absolute atomic E-state index is 0.00450.